The Morgan fingerprint density at radius 3 is 2.81 bits per heavy atom. The van der Waals surface area contributed by atoms with Crippen molar-refractivity contribution < 1.29 is 29.6 Å². The van der Waals surface area contributed by atoms with Gasteiger partial charge in [0.1, 0.15) is 11.6 Å². The Balaban J connectivity index is 1.28. The standard InChI is InChI=1S/C30H45NO6/c1-37-30-15-19(6-11-28(30)35)5-10-27(34)25-9-4-20(14-29(25)36)13-21(3-2-12-32)23-16-22-7-8-24(33)17-26(22)31-18-23/h6,11,15,20-23,25-26,29,31-32,35-36H,2-5,7-10,12-14,16-18H2,1H3. The first-order chi connectivity index (χ1) is 17.9. The quantitative estimate of drug-likeness (QED) is 0.354. The Morgan fingerprint density at radius 1 is 1.22 bits per heavy atom. The van der Waals surface area contributed by atoms with Gasteiger partial charge in [0.25, 0.3) is 0 Å². The van der Waals surface area contributed by atoms with Crippen molar-refractivity contribution >= 4 is 11.6 Å². The third kappa shape index (κ3) is 7.33. The lowest BCUT2D eigenvalue weighted by atomic mass is 9.67. The SMILES string of the molecule is COc1cc(CCC(=O)C2CCC(CC(CCCO)C3CNC4CC(=O)CCC4C3)CC2O)ccc1O. The molecule has 2 saturated carbocycles. The Morgan fingerprint density at radius 2 is 2.05 bits per heavy atom. The smallest absolute Gasteiger partial charge is 0.160 e. The molecular formula is C30H45NO6. The zero-order valence-electron chi connectivity index (χ0n) is 22.2. The number of aryl methyl sites for hydroxylation is 1. The van der Waals surface area contributed by atoms with Crippen LogP contribution in [-0.2, 0) is 16.0 Å². The van der Waals surface area contributed by atoms with Crippen molar-refractivity contribution in [1.82, 2.24) is 5.32 Å². The molecule has 4 rings (SSSR count). The first kappa shape index (κ1) is 28.1. The number of carbonyl (C=O) groups is 2. The number of fused-ring (bicyclic) bond motifs is 1. The van der Waals surface area contributed by atoms with Crippen molar-refractivity contribution in [3.63, 3.8) is 0 Å². The van der Waals surface area contributed by atoms with Gasteiger partial charge in [0.05, 0.1) is 13.2 Å². The van der Waals surface area contributed by atoms with Gasteiger partial charge in [0.2, 0.25) is 0 Å². The zero-order chi connectivity index (χ0) is 26.4. The highest BCUT2D eigenvalue weighted by Crippen LogP contribution is 2.41. The normalized spacial score (nSPS) is 30.9. The molecule has 2 aliphatic carbocycles. The van der Waals surface area contributed by atoms with Crippen LogP contribution < -0.4 is 10.1 Å². The fraction of sp³-hybridized carbons (Fsp3) is 0.733. The van der Waals surface area contributed by atoms with Gasteiger partial charge in [0, 0.05) is 37.8 Å². The summed E-state index contributed by atoms with van der Waals surface area (Å²) in [5.74, 6) is 2.69. The van der Waals surface area contributed by atoms with Crippen molar-refractivity contribution in [2.45, 2.75) is 89.2 Å². The van der Waals surface area contributed by atoms with Crippen LogP contribution in [0.5, 0.6) is 11.5 Å². The van der Waals surface area contributed by atoms with E-state index in [0.717, 1.165) is 57.1 Å². The topological polar surface area (TPSA) is 116 Å². The lowest BCUT2D eigenvalue weighted by Crippen LogP contribution is -2.50. The second-order valence-corrected chi connectivity index (χ2v) is 11.7. The first-order valence-corrected chi connectivity index (χ1v) is 14.3. The molecular weight excluding hydrogens is 470 g/mol. The fourth-order valence-electron chi connectivity index (χ4n) is 7.20. The minimum atomic E-state index is -0.600. The van der Waals surface area contributed by atoms with Gasteiger partial charge in [-0.05, 0) is 106 Å². The van der Waals surface area contributed by atoms with Crippen molar-refractivity contribution in [2.75, 3.05) is 20.3 Å². The summed E-state index contributed by atoms with van der Waals surface area (Å²) < 4.78 is 5.16. The molecule has 0 amide bonds. The van der Waals surface area contributed by atoms with Gasteiger partial charge in [-0.2, -0.15) is 0 Å². The number of carbonyl (C=O) groups excluding carboxylic acids is 2. The van der Waals surface area contributed by atoms with E-state index in [1.807, 2.05) is 0 Å². The van der Waals surface area contributed by atoms with E-state index in [1.165, 1.54) is 7.11 Å². The van der Waals surface area contributed by atoms with E-state index in [1.54, 1.807) is 18.2 Å². The first-order valence-electron chi connectivity index (χ1n) is 14.3. The number of phenols is 1. The van der Waals surface area contributed by atoms with Crippen molar-refractivity contribution in [3.8, 4) is 11.5 Å². The number of methoxy groups -OCH3 is 1. The summed E-state index contributed by atoms with van der Waals surface area (Å²) >= 11 is 0. The maximum Gasteiger partial charge on any atom is 0.160 e. The molecule has 3 aliphatic rings. The number of hydrogen-bond donors (Lipinski definition) is 4. The summed E-state index contributed by atoms with van der Waals surface area (Å²) in [6.45, 7) is 1.14. The third-order valence-electron chi connectivity index (χ3n) is 9.34. The summed E-state index contributed by atoms with van der Waals surface area (Å²) in [6.07, 6.45) is 9.03. The Labute approximate surface area is 221 Å². The molecule has 1 aromatic carbocycles. The van der Waals surface area contributed by atoms with Crippen LogP contribution in [0.3, 0.4) is 0 Å². The molecule has 7 atom stereocenters. The number of nitrogens with one attached hydrogen (secondary N) is 1. The molecule has 7 heteroatoms. The van der Waals surface area contributed by atoms with Crippen LogP contribution in [0.25, 0.3) is 0 Å². The Kier molecular flexibility index (Phi) is 10.0. The van der Waals surface area contributed by atoms with Gasteiger partial charge in [-0.3, -0.25) is 9.59 Å². The second kappa shape index (κ2) is 13.2. The largest absolute Gasteiger partial charge is 0.504 e. The Bertz CT molecular complexity index is 919. The van der Waals surface area contributed by atoms with Crippen LogP contribution in [-0.4, -0.2) is 59.3 Å². The van der Waals surface area contributed by atoms with E-state index in [2.05, 4.69) is 5.32 Å². The minimum Gasteiger partial charge on any atom is -0.504 e. The highest BCUT2D eigenvalue weighted by atomic mass is 16.5. The predicted octanol–water partition coefficient (Wildman–Crippen LogP) is 3.81. The van der Waals surface area contributed by atoms with Crippen LogP contribution in [0.4, 0.5) is 0 Å². The van der Waals surface area contributed by atoms with Crippen molar-refractivity contribution in [3.05, 3.63) is 23.8 Å². The number of piperidine rings is 1. The summed E-state index contributed by atoms with van der Waals surface area (Å²) in [5, 5.41) is 33.9. The Hall–Kier alpha value is -1.96. The molecule has 0 aromatic heterocycles. The van der Waals surface area contributed by atoms with Crippen LogP contribution >= 0.6 is 0 Å². The van der Waals surface area contributed by atoms with E-state index >= 15 is 0 Å². The number of ether oxygens (including phenoxy) is 1. The average molecular weight is 516 g/mol. The molecule has 37 heavy (non-hydrogen) atoms. The molecule has 1 heterocycles. The molecule has 1 aromatic rings. The molecule has 7 nitrogen and oxygen atoms in total. The number of phenolic OH excluding ortho intramolecular Hbond substituents is 1. The van der Waals surface area contributed by atoms with Crippen LogP contribution in [0, 0.1) is 29.6 Å². The molecule has 0 bridgehead atoms. The van der Waals surface area contributed by atoms with E-state index < -0.39 is 6.10 Å². The lowest BCUT2D eigenvalue weighted by molar-refractivity contribution is -0.128. The van der Waals surface area contributed by atoms with E-state index in [4.69, 9.17) is 4.74 Å². The maximum absolute atomic E-state index is 13.0. The summed E-state index contributed by atoms with van der Waals surface area (Å²) in [6, 6.07) is 5.48. The van der Waals surface area contributed by atoms with Crippen molar-refractivity contribution in [1.29, 1.82) is 0 Å². The number of Topliss-reactive ketones (excluding diaryl/α,β-unsaturated/α-hetero) is 2. The lowest BCUT2D eigenvalue weighted by Gasteiger charge is -2.43. The third-order valence-corrected chi connectivity index (χ3v) is 9.34. The summed E-state index contributed by atoms with van der Waals surface area (Å²) in [7, 11) is 1.51. The summed E-state index contributed by atoms with van der Waals surface area (Å²) in [4.78, 5) is 24.8. The molecule has 3 fully saturated rings. The number of rotatable bonds is 11. The second-order valence-electron chi connectivity index (χ2n) is 11.7. The number of hydrogen-bond acceptors (Lipinski definition) is 7. The molecule has 1 aliphatic heterocycles. The van der Waals surface area contributed by atoms with Gasteiger partial charge in [0.15, 0.2) is 11.5 Å². The molecule has 1 saturated heterocycles. The molecule has 4 N–H and O–H groups in total. The zero-order valence-corrected chi connectivity index (χ0v) is 22.2. The number of ketones is 2. The van der Waals surface area contributed by atoms with Crippen LogP contribution in [0.2, 0.25) is 0 Å². The maximum atomic E-state index is 13.0. The number of aliphatic hydroxyl groups is 2. The molecule has 7 unspecified atom stereocenters. The van der Waals surface area contributed by atoms with Gasteiger partial charge < -0.3 is 25.4 Å². The van der Waals surface area contributed by atoms with E-state index in [9.17, 15) is 24.9 Å². The fourth-order valence-corrected chi connectivity index (χ4v) is 7.20. The highest BCUT2D eigenvalue weighted by Gasteiger charge is 2.39. The van der Waals surface area contributed by atoms with E-state index in [-0.39, 0.29) is 24.1 Å². The van der Waals surface area contributed by atoms with Crippen LogP contribution in [0.1, 0.15) is 76.2 Å². The van der Waals surface area contributed by atoms with Gasteiger partial charge in [-0.15, -0.1) is 0 Å². The van der Waals surface area contributed by atoms with Gasteiger partial charge in [-0.1, -0.05) is 6.07 Å². The monoisotopic (exact) mass is 515 g/mol. The molecule has 206 valence electrons. The number of aliphatic hydroxyl groups excluding tert-OH is 2. The predicted molar refractivity (Wildman–Crippen MR) is 141 cm³/mol. The minimum absolute atomic E-state index is 0.0845. The number of benzene rings is 1. The van der Waals surface area contributed by atoms with E-state index in [0.29, 0.717) is 73.4 Å². The molecule has 0 spiro atoms. The van der Waals surface area contributed by atoms with Gasteiger partial charge >= 0.3 is 0 Å². The average Bonchev–Trinajstić information content (AvgIpc) is 2.90. The highest BCUT2D eigenvalue weighted by molar-refractivity contribution is 5.82. The van der Waals surface area contributed by atoms with Gasteiger partial charge in [-0.25, -0.2) is 0 Å². The van der Waals surface area contributed by atoms with Crippen LogP contribution in [0.15, 0.2) is 18.2 Å². The number of aromatic hydroxyl groups is 1. The summed E-state index contributed by atoms with van der Waals surface area (Å²) in [5.41, 5.74) is 0.934. The molecule has 0 radical (unpaired) electrons. The van der Waals surface area contributed by atoms with Crippen molar-refractivity contribution in [2.24, 2.45) is 29.6 Å².